The number of thiophene rings is 1. The highest BCUT2D eigenvalue weighted by molar-refractivity contribution is 7.12. The van der Waals surface area contributed by atoms with Crippen molar-refractivity contribution in [3.63, 3.8) is 0 Å². The Morgan fingerprint density at radius 3 is 2.75 bits per heavy atom. The molecule has 1 aromatic heterocycles. The monoisotopic (exact) mass is 233 g/mol. The minimum atomic E-state index is -0.0435. The Morgan fingerprint density at radius 1 is 1.38 bits per heavy atom. The Morgan fingerprint density at radius 2 is 2.12 bits per heavy atom. The third-order valence-electron chi connectivity index (χ3n) is 2.75. The van der Waals surface area contributed by atoms with Crippen LogP contribution in [0.4, 0.5) is 0 Å². The van der Waals surface area contributed by atoms with Crippen LogP contribution < -0.4 is 0 Å². The first kappa shape index (κ1) is 11.2. The van der Waals surface area contributed by atoms with Crippen molar-refractivity contribution < 1.29 is 4.79 Å². The summed E-state index contributed by atoms with van der Waals surface area (Å²) >= 11 is 1.47. The zero-order chi connectivity index (χ0) is 11.4. The van der Waals surface area contributed by atoms with Crippen LogP contribution in [0.3, 0.4) is 0 Å². The minimum absolute atomic E-state index is 0.0435. The fraction of sp³-hybridized carbons (Fsp3) is 0.462. The summed E-state index contributed by atoms with van der Waals surface area (Å²) in [6.45, 7) is 3.96. The maximum atomic E-state index is 11.8. The van der Waals surface area contributed by atoms with Crippen molar-refractivity contribution in [3.8, 4) is 12.0 Å². The molecular weight excluding hydrogens is 218 g/mol. The summed E-state index contributed by atoms with van der Waals surface area (Å²) in [7, 11) is 0. The predicted molar refractivity (Wildman–Crippen MR) is 66.6 cm³/mol. The van der Waals surface area contributed by atoms with Crippen molar-refractivity contribution in [2.24, 2.45) is 0 Å². The summed E-state index contributed by atoms with van der Waals surface area (Å²) in [5, 5.41) is 1.94. The molecule has 0 N–H and O–H groups in total. The maximum absolute atomic E-state index is 11.8. The van der Waals surface area contributed by atoms with Crippen LogP contribution in [0.5, 0.6) is 0 Å². The number of piperidine rings is 1. The molecule has 3 heteroatoms. The van der Waals surface area contributed by atoms with E-state index in [0.29, 0.717) is 0 Å². The Balaban J connectivity index is 2.02. The van der Waals surface area contributed by atoms with Gasteiger partial charge < -0.3 is 4.90 Å². The number of aryl methyl sites for hydroxylation is 1. The topological polar surface area (TPSA) is 20.3 Å². The van der Waals surface area contributed by atoms with E-state index in [-0.39, 0.29) is 5.78 Å². The summed E-state index contributed by atoms with van der Waals surface area (Å²) in [4.78, 5) is 14.6. The van der Waals surface area contributed by atoms with E-state index in [0.717, 1.165) is 23.5 Å². The molecule has 2 nitrogen and oxygen atoms in total. The van der Waals surface area contributed by atoms with Crippen LogP contribution in [-0.2, 0) is 0 Å². The van der Waals surface area contributed by atoms with Gasteiger partial charge in [-0.15, -0.1) is 11.3 Å². The molecule has 1 aromatic rings. The minimum Gasteiger partial charge on any atom is -0.332 e. The predicted octanol–water partition coefficient (Wildman–Crippen LogP) is 2.69. The Labute approximate surface area is 100 Å². The molecule has 0 saturated carbocycles. The molecule has 0 amide bonds. The highest BCUT2D eigenvalue weighted by atomic mass is 32.1. The lowest BCUT2D eigenvalue weighted by molar-refractivity contribution is 0.105. The number of hydrogen-bond donors (Lipinski definition) is 0. The van der Waals surface area contributed by atoms with E-state index in [9.17, 15) is 4.79 Å². The number of carbonyl (C=O) groups is 1. The van der Waals surface area contributed by atoms with Crippen LogP contribution in [0.1, 0.15) is 34.5 Å². The van der Waals surface area contributed by atoms with Gasteiger partial charge in [-0.05, 0) is 43.2 Å². The summed E-state index contributed by atoms with van der Waals surface area (Å²) in [6, 6.07) is 4.94. The van der Waals surface area contributed by atoms with Gasteiger partial charge in [0.2, 0.25) is 5.78 Å². The molecule has 0 unspecified atom stereocenters. The van der Waals surface area contributed by atoms with Gasteiger partial charge in [0, 0.05) is 25.1 Å². The van der Waals surface area contributed by atoms with Crippen molar-refractivity contribution in [2.75, 3.05) is 13.1 Å². The van der Waals surface area contributed by atoms with Crippen LogP contribution in [0, 0.1) is 18.9 Å². The van der Waals surface area contributed by atoms with Gasteiger partial charge in [-0.25, -0.2) is 0 Å². The Bertz CT molecular complexity index is 432. The lowest BCUT2D eigenvalue weighted by Crippen LogP contribution is -2.24. The first-order valence-electron chi connectivity index (χ1n) is 5.62. The van der Waals surface area contributed by atoms with Gasteiger partial charge in [-0.1, -0.05) is 0 Å². The summed E-state index contributed by atoms with van der Waals surface area (Å²) < 4.78 is 0. The van der Waals surface area contributed by atoms with E-state index < -0.39 is 0 Å². The normalized spacial score (nSPS) is 15.4. The molecule has 0 radical (unpaired) electrons. The molecule has 2 heterocycles. The summed E-state index contributed by atoms with van der Waals surface area (Å²) in [5.74, 6) is 2.70. The zero-order valence-electron chi connectivity index (χ0n) is 9.45. The van der Waals surface area contributed by atoms with E-state index in [4.69, 9.17) is 0 Å². The number of nitrogens with zero attached hydrogens (tertiary/aromatic N) is 1. The van der Waals surface area contributed by atoms with Crippen molar-refractivity contribution in [1.29, 1.82) is 0 Å². The number of likely N-dealkylation sites (tertiary alicyclic amines) is 1. The lowest BCUT2D eigenvalue weighted by atomic mass is 10.1. The van der Waals surface area contributed by atoms with Crippen molar-refractivity contribution in [2.45, 2.75) is 26.2 Å². The molecule has 0 spiro atoms. The number of Topliss-reactive ketones (excluding diaryl/α,β-unsaturated/α-hetero) is 1. The van der Waals surface area contributed by atoms with Gasteiger partial charge in [0.15, 0.2) is 0 Å². The van der Waals surface area contributed by atoms with Gasteiger partial charge in [0.25, 0.3) is 0 Å². The smallest absolute Gasteiger partial charge is 0.247 e. The third-order valence-corrected chi connectivity index (χ3v) is 3.77. The molecule has 1 aliphatic heterocycles. The third kappa shape index (κ3) is 2.65. The number of carbonyl (C=O) groups excluding carboxylic acids is 1. The summed E-state index contributed by atoms with van der Waals surface area (Å²) in [6.07, 6.45) is 3.68. The molecule has 1 saturated heterocycles. The van der Waals surface area contributed by atoms with E-state index in [1.54, 1.807) is 0 Å². The van der Waals surface area contributed by atoms with Gasteiger partial charge in [0.1, 0.15) is 0 Å². The fourth-order valence-corrected chi connectivity index (χ4v) is 2.62. The first-order chi connectivity index (χ1) is 7.77. The highest BCUT2D eigenvalue weighted by Crippen LogP contribution is 2.15. The largest absolute Gasteiger partial charge is 0.332 e. The zero-order valence-corrected chi connectivity index (χ0v) is 10.3. The van der Waals surface area contributed by atoms with Crippen molar-refractivity contribution >= 4 is 17.1 Å². The molecule has 84 valence electrons. The lowest BCUT2D eigenvalue weighted by Gasteiger charge is -2.21. The molecular formula is C13H15NOS. The molecule has 2 rings (SSSR count). The van der Waals surface area contributed by atoms with Crippen LogP contribution in [0.25, 0.3) is 0 Å². The average molecular weight is 233 g/mol. The molecule has 1 aliphatic rings. The number of rotatable bonds is 1. The number of hydrogen-bond acceptors (Lipinski definition) is 3. The van der Waals surface area contributed by atoms with Gasteiger partial charge in [-0.2, -0.15) is 0 Å². The second kappa shape index (κ2) is 5.18. The van der Waals surface area contributed by atoms with E-state index >= 15 is 0 Å². The van der Waals surface area contributed by atoms with Gasteiger partial charge in [0.05, 0.1) is 4.88 Å². The SMILES string of the molecule is Cc1ccsc1C(=O)C#CN1CCCCC1. The van der Waals surface area contributed by atoms with Crippen molar-refractivity contribution in [3.05, 3.63) is 21.9 Å². The molecule has 0 atom stereocenters. The standard InChI is InChI=1S/C13H15NOS/c1-11-6-10-16-13(11)12(15)5-9-14-7-3-2-4-8-14/h6,10H,2-4,7-8H2,1H3. The Kier molecular flexibility index (Phi) is 3.63. The van der Waals surface area contributed by atoms with Gasteiger partial charge in [-0.3, -0.25) is 4.79 Å². The molecule has 1 fully saturated rings. The average Bonchev–Trinajstić information content (AvgIpc) is 2.74. The van der Waals surface area contributed by atoms with Crippen LogP contribution in [0.15, 0.2) is 11.4 Å². The maximum Gasteiger partial charge on any atom is 0.247 e. The molecule has 16 heavy (non-hydrogen) atoms. The quantitative estimate of drug-likeness (QED) is 0.549. The summed E-state index contributed by atoms with van der Waals surface area (Å²) in [5.41, 5.74) is 1.03. The Hall–Kier alpha value is -1.27. The van der Waals surface area contributed by atoms with Crippen LogP contribution >= 0.6 is 11.3 Å². The van der Waals surface area contributed by atoms with Gasteiger partial charge >= 0.3 is 0 Å². The second-order valence-corrected chi connectivity index (χ2v) is 4.96. The van der Waals surface area contributed by atoms with Crippen molar-refractivity contribution in [1.82, 2.24) is 4.90 Å². The molecule has 0 aromatic carbocycles. The highest BCUT2D eigenvalue weighted by Gasteiger charge is 2.09. The molecule has 0 bridgehead atoms. The first-order valence-corrected chi connectivity index (χ1v) is 6.50. The number of ketones is 1. The second-order valence-electron chi connectivity index (χ2n) is 4.05. The van der Waals surface area contributed by atoms with E-state index in [2.05, 4.69) is 16.9 Å². The van der Waals surface area contributed by atoms with E-state index in [1.807, 2.05) is 18.4 Å². The fourth-order valence-electron chi connectivity index (χ4n) is 1.80. The van der Waals surface area contributed by atoms with Crippen LogP contribution in [0.2, 0.25) is 0 Å². The van der Waals surface area contributed by atoms with Crippen LogP contribution in [-0.4, -0.2) is 23.8 Å². The molecule has 0 aliphatic carbocycles. The van der Waals surface area contributed by atoms with E-state index in [1.165, 1.54) is 30.6 Å².